The van der Waals surface area contributed by atoms with Gasteiger partial charge < -0.3 is 14.2 Å². The predicted molar refractivity (Wildman–Crippen MR) is 229 cm³/mol. The zero-order chi connectivity index (χ0) is 39.4. The first-order valence-electron chi connectivity index (χ1n) is 23.7. The molecule has 0 bridgehead atoms. The van der Waals surface area contributed by atoms with Crippen molar-refractivity contribution in [3.63, 3.8) is 0 Å². The molecule has 0 aliphatic rings. The Hall–Kier alpha value is -1.85. The molecule has 6 nitrogen and oxygen atoms in total. The maximum Gasteiger partial charge on any atom is 0.306 e. The van der Waals surface area contributed by atoms with Crippen LogP contribution in [0, 0.1) is 0 Å². The Balaban J connectivity index is 4.27. The highest BCUT2D eigenvalue weighted by Crippen LogP contribution is 2.16. The quantitative estimate of drug-likeness (QED) is 0.0266. The Labute approximate surface area is 335 Å². The monoisotopic (exact) mass is 763 g/mol. The molecule has 318 valence electrons. The third-order valence-electron chi connectivity index (χ3n) is 10.5. The number of esters is 3. The molecule has 0 fully saturated rings. The van der Waals surface area contributed by atoms with E-state index in [9.17, 15) is 14.4 Å². The normalized spacial score (nSPS) is 12.0. The lowest BCUT2D eigenvalue weighted by molar-refractivity contribution is -0.167. The summed E-state index contributed by atoms with van der Waals surface area (Å²) in [5, 5.41) is 0. The number of carbonyl (C=O) groups is 3. The molecule has 0 rings (SSSR count). The minimum atomic E-state index is -0.765. The largest absolute Gasteiger partial charge is 0.462 e. The van der Waals surface area contributed by atoms with E-state index in [2.05, 4.69) is 32.9 Å². The van der Waals surface area contributed by atoms with Crippen LogP contribution in [0.4, 0.5) is 0 Å². The number of ether oxygens (including phenoxy) is 3. The average Bonchev–Trinajstić information content (AvgIpc) is 3.17. The van der Waals surface area contributed by atoms with Crippen molar-refractivity contribution in [3.8, 4) is 0 Å². The van der Waals surface area contributed by atoms with Crippen LogP contribution in [-0.2, 0) is 28.6 Å². The Morgan fingerprint density at radius 3 is 1.00 bits per heavy atom. The van der Waals surface area contributed by atoms with E-state index in [1.54, 1.807) is 0 Å². The van der Waals surface area contributed by atoms with Gasteiger partial charge in [0.2, 0.25) is 0 Å². The van der Waals surface area contributed by atoms with Crippen molar-refractivity contribution in [1.82, 2.24) is 0 Å². The van der Waals surface area contributed by atoms with Crippen molar-refractivity contribution < 1.29 is 28.6 Å². The van der Waals surface area contributed by atoms with Crippen LogP contribution >= 0.6 is 0 Å². The van der Waals surface area contributed by atoms with E-state index in [4.69, 9.17) is 14.2 Å². The minimum absolute atomic E-state index is 0.0689. The zero-order valence-corrected chi connectivity index (χ0v) is 36.3. The minimum Gasteiger partial charge on any atom is -0.462 e. The fraction of sp³-hybridized carbons (Fsp3) is 0.896. The molecule has 54 heavy (non-hydrogen) atoms. The molecule has 0 aromatic rings. The van der Waals surface area contributed by atoms with Gasteiger partial charge in [-0.15, -0.1) is 0 Å². The third-order valence-corrected chi connectivity index (χ3v) is 10.5. The lowest BCUT2D eigenvalue weighted by atomic mass is 10.0. The predicted octanol–water partition coefficient (Wildman–Crippen LogP) is 15.0. The second-order valence-corrected chi connectivity index (χ2v) is 16.0. The highest BCUT2D eigenvalue weighted by atomic mass is 16.6. The van der Waals surface area contributed by atoms with Crippen molar-refractivity contribution in [2.75, 3.05) is 13.2 Å². The topological polar surface area (TPSA) is 78.9 Å². The van der Waals surface area contributed by atoms with Crippen LogP contribution in [0.1, 0.15) is 258 Å². The molecule has 0 N–H and O–H groups in total. The first-order chi connectivity index (χ1) is 26.5. The van der Waals surface area contributed by atoms with E-state index >= 15 is 0 Å². The number of unbranched alkanes of at least 4 members (excludes halogenated alkanes) is 30. The van der Waals surface area contributed by atoms with Crippen LogP contribution < -0.4 is 0 Å². The fourth-order valence-corrected chi connectivity index (χ4v) is 6.92. The summed E-state index contributed by atoms with van der Waals surface area (Å²) in [5.74, 6) is -0.871. The van der Waals surface area contributed by atoms with Crippen molar-refractivity contribution in [2.45, 2.75) is 264 Å². The second-order valence-electron chi connectivity index (χ2n) is 16.0. The number of hydrogen-bond acceptors (Lipinski definition) is 6. The first-order valence-corrected chi connectivity index (χ1v) is 23.7. The van der Waals surface area contributed by atoms with Gasteiger partial charge in [0.25, 0.3) is 0 Å². The maximum atomic E-state index is 12.7. The van der Waals surface area contributed by atoms with E-state index in [1.165, 1.54) is 148 Å². The maximum absolute atomic E-state index is 12.7. The molecule has 0 saturated carbocycles. The van der Waals surface area contributed by atoms with E-state index in [0.29, 0.717) is 19.3 Å². The van der Waals surface area contributed by atoms with Crippen molar-refractivity contribution in [2.24, 2.45) is 0 Å². The van der Waals surface area contributed by atoms with E-state index in [-0.39, 0.29) is 31.1 Å². The molecule has 0 aliphatic carbocycles. The number of carbonyl (C=O) groups excluding carboxylic acids is 3. The van der Waals surface area contributed by atoms with Crippen LogP contribution in [0.3, 0.4) is 0 Å². The summed E-state index contributed by atoms with van der Waals surface area (Å²) < 4.78 is 16.7. The summed E-state index contributed by atoms with van der Waals surface area (Å²) in [4.78, 5) is 37.7. The van der Waals surface area contributed by atoms with Gasteiger partial charge in [-0.1, -0.05) is 213 Å². The molecule has 0 aliphatic heterocycles. The third kappa shape index (κ3) is 41.3. The Morgan fingerprint density at radius 2 is 0.648 bits per heavy atom. The van der Waals surface area contributed by atoms with E-state index < -0.39 is 6.10 Å². The van der Waals surface area contributed by atoms with Crippen LogP contribution in [-0.4, -0.2) is 37.2 Å². The molecule has 0 heterocycles. The number of hydrogen-bond donors (Lipinski definition) is 0. The molecule has 1 atom stereocenters. The van der Waals surface area contributed by atoms with Gasteiger partial charge in [-0.2, -0.15) is 0 Å². The fourth-order valence-electron chi connectivity index (χ4n) is 6.92. The van der Waals surface area contributed by atoms with Gasteiger partial charge in [0.05, 0.1) is 0 Å². The highest BCUT2D eigenvalue weighted by Gasteiger charge is 2.19. The van der Waals surface area contributed by atoms with Crippen molar-refractivity contribution in [1.29, 1.82) is 0 Å². The number of rotatable bonds is 43. The lowest BCUT2D eigenvalue weighted by Gasteiger charge is -2.18. The summed E-state index contributed by atoms with van der Waals surface area (Å²) in [6, 6.07) is 0. The summed E-state index contributed by atoms with van der Waals surface area (Å²) in [7, 11) is 0. The molecule has 0 aromatic heterocycles. The van der Waals surface area contributed by atoms with Crippen molar-refractivity contribution in [3.05, 3.63) is 12.2 Å². The van der Waals surface area contributed by atoms with Gasteiger partial charge in [0, 0.05) is 19.3 Å². The molecular weight excluding hydrogens is 673 g/mol. The Bertz CT molecular complexity index is 839. The summed E-state index contributed by atoms with van der Waals surface area (Å²) in [6.45, 7) is 6.58. The molecule has 0 amide bonds. The molecule has 0 aromatic carbocycles. The molecule has 1 unspecified atom stereocenters. The van der Waals surface area contributed by atoms with Crippen LogP contribution in [0.25, 0.3) is 0 Å². The molecule has 0 spiro atoms. The summed E-state index contributed by atoms with van der Waals surface area (Å²) in [5.41, 5.74) is 0. The first kappa shape index (κ1) is 52.2. The van der Waals surface area contributed by atoms with Crippen LogP contribution in [0.15, 0.2) is 12.2 Å². The zero-order valence-electron chi connectivity index (χ0n) is 36.3. The summed E-state index contributed by atoms with van der Waals surface area (Å²) in [6.07, 6.45) is 46.2. The van der Waals surface area contributed by atoms with Gasteiger partial charge >= 0.3 is 17.9 Å². The smallest absolute Gasteiger partial charge is 0.306 e. The van der Waals surface area contributed by atoms with Gasteiger partial charge in [0.15, 0.2) is 6.10 Å². The Kier molecular flexibility index (Phi) is 42.4. The highest BCUT2D eigenvalue weighted by molar-refractivity contribution is 5.71. The van der Waals surface area contributed by atoms with Crippen molar-refractivity contribution >= 4 is 17.9 Å². The van der Waals surface area contributed by atoms with E-state index in [1.807, 2.05) is 0 Å². The van der Waals surface area contributed by atoms with Gasteiger partial charge in [0.1, 0.15) is 13.2 Å². The number of allylic oxidation sites excluding steroid dienone is 2. The van der Waals surface area contributed by atoms with Gasteiger partial charge in [-0.3, -0.25) is 14.4 Å². The van der Waals surface area contributed by atoms with Crippen LogP contribution in [0.2, 0.25) is 0 Å². The SMILES string of the molecule is CCC/C=C\CCCCCCCC(=O)OC(COC(=O)CCCCCCCCCCCC)COC(=O)CCCCCCCCCCCCCCCCCC. The Morgan fingerprint density at radius 1 is 0.352 bits per heavy atom. The molecule has 6 heteroatoms. The lowest BCUT2D eigenvalue weighted by Crippen LogP contribution is -2.30. The van der Waals surface area contributed by atoms with Crippen LogP contribution in [0.5, 0.6) is 0 Å². The average molecular weight is 763 g/mol. The van der Waals surface area contributed by atoms with E-state index in [0.717, 1.165) is 70.6 Å². The second kappa shape index (κ2) is 43.9. The summed E-state index contributed by atoms with van der Waals surface area (Å²) >= 11 is 0. The molecule has 0 saturated heterocycles. The standard InChI is InChI=1S/C48H90O6/c1-4-7-10-13-16-19-22-23-24-25-26-27-30-32-35-38-41-47(50)53-44-45(54-48(51)42-39-36-33-29-21-18-15-12-9-6-3)43-52-46(49)40-37-34-31-28-20-17-14-11-8-5-2/h12,15,45H,4-11,13-14,16-44H2,1-3H3/b15-12-. The molecular formula is C48H90O6. The van der Waals surface area contributed by atoms with Gasteiger partial charge in [-0.05, 0) is 38.5 Å². The van der Waals surface area contributed by atoms with Gasteiger partial charge in [-0.25, -0.2) is 0 Å². The molecule has 0 radical (unpaired) electrons.